The normalized spacial score (nSPS) is 10.7. The summed E-state index contributed by atoms with van der Waals surface area (Å²) in [7, 11) is 0. The number of nitrogens with zero attached hydrogens (tertiary/aromatic N) is 6. The monoisotopic (exact) mass is 241 g/mol. The van der Waals surface area contributed by atoms with E-state index < -0.39 is 0 Å². The van der Waals surface area contributed by atoms with Crippen LogP contribution in [-0.4, -0.2) is 29.8 Å². The van der Waals surface area contributed by atoms with E-state index in [0.29, 0.717) is 18.0 Å². The van der Waals surface area contributed by atoms with Crippen LogP contribution < -0.4 is 5.32 Å². The summed E-state index contributed by atoms with van der Waals surface area (Å²) in [5.74, 6) is 1.51. The standard InChI is InChI=1S/C11H11N7/c1-8-15-17-11-10(12-5-6-18(8)11)13-7-9-3-2-4-14-16-9/h2-6H,7H2,1H3,(H,12,13). The summed E-state index contributed by atoms with van der Waals surface area (Å²) >= 11 is 0. The zero-order chi connectivity index (χ0) is 12.4. The van der Waals surface area contributed by atoms with Crippen LogP contribution in [0.2, 0.25) is 0 Å². The lowest BCUT2D eigenvalue weighted by Gasteiger charge is -2.05. The Morgan fingerprint density at radius 3 is 3.00 bits per heavy atom. The van der Waals surface area contributed by atoms with E-state index in [1.165, 1.54) is 0 Å². The van der Waals surface area contributed by atoms with Gasteiger partial charge in [-0.25, -0.2) is 4.98 Å². The Kier molecular flexibility index (Phi) is 2.56. The van der Waals surface area contributed by atoms with Gasteiger partial charge in [0.15, 0.2) is 5.82 Å². The average molecular weight is 241 g/mol. The maximum absolute atomic E-state index is 4.25. The van der Waals surface area contributed by atoms with Crippen LogP contribution in [0.1, 0.15) is 11.5 Å². The van der Waals surface area contributed by atoms with Crippen LogP contribution in [-0.2, 0) is 6.54 Å². The molecule has 0 fully saturated rings. The van der Waals surface area contributed by atoms with Gasteiger partial charge >= 0.3 is 0 Å². The highest BCUT2D eigenvalue weighted by molar-refractivity contribution is 5.61. The molecule has 0 amide bonds. The third kappa shape index (κ3) is 1.86. The zero-order valence-corrected chi connectivity index (χ0v) is 9.78. The second-order valence-electron chi connectivity index (χ2n) is 3.79. The highest BCUT2D eigenvalue weighted by Crippen LogP contribution is 2.12. The molecule has 3 rings (SSSR count). The Hall–Kier alpha value is -2.57. The predicted octanol–water partition coefficient (Wildman–Crippen LogP) is 0.835. The van der Waals surface area contributed by atoms with Gasteiger partial charge in [0.25, 0.3) is 0 Å². The van der Waals surface area contributed by atoms with Crippen LogP contribution >= 0.6 is 0 Å². The summed E-state index contributed by atoms with van der Waals surface area (Å²) in [5.41, 5.74) is 1.55. The van der Waals surface area contributed by atoms with Gasteiger partial charge in [0.2, 0.25) is 5.65 Å². The lowest BCUT2D eigenvalue weighted by Crippen LogP contribution is -2.05. The Morgan fingerprint density at radius 1 is 1.22 bits per heavy atom. The summed E-state index contributed by atoms with van der Waals surface area (Å²) in [6, 6.07) is 3.74. The highest BCUT2D eigenvalue weighted by Gasteiger charge is 2.07. The van der Waals surface area contributed by atoms with Gasteiger partial charge < -0.3 is 5.32 Å². The van der Waals surface area contributed by atoms with Gasteiger partial charge in [0.05, 0.1) is 12.2 Å². The molecule has 3 aromatic heterocycles. The van der Waals surface area contributed by atoms with Gasteiger partial charge in [-0.3, -0.25) is 4.40 Å². The molecule has 0 aromatic carbocycles. The number of fused-ring (bicyclic) bond motifs is 1. The van der Waals surface area contributed by atoms with Crippen LogP contribution in [0.25, 0.3) is 5.65 Å². The molecule has 0 saturated heterocycles. The molecule has 3 aromatic rings. The van der Waals surface area contributed by atoms with E-state index in [4.69, 9.17) is 0 Å². The Labute approximate surface area is 103 Å². The molecule has 0 spiro atoms. The molecule has 3 heterocycles. The fraction of sp³-hybridized carbons (Fsp3) is 0.182. The van der Waals surface area contributed by atoms with Gasteiger partial charge in [-0.15, -0.1) is 10.2 Å². The number of rotatable bonds is 3. The number of hydrogen-bond acceptors (Lipinski definition) is 6. The van der Waals surface area contributed by atoms with Gasteiger partial charge in [0.1, 0.15) is 5.82 Å². The first-order chi connectivity index (χ1) is 8.84. The summed E-state index contributed by atoms with van der Waals surface area (Å²) in [6.07, 6.45) is 5.19. The van der Waals surface area contributed by atoms with Crippen LogP contribution in [0, 0.1) is 6.92 Å². The summed E-state index contributed by atoms with van der Waals surface area (Å²) in [5, 5.41) is 19.1. The first-order valence-electron chi connectivity index (χ1n) is 5.51. The molecule has 0 unspecified atom stereocenters. The molecular formula is C11H11N7. The quantitative estimate of drug-likeness (QED) is 0.731. The number of hydrogen-bond donors (Lipinski definition) is 1. The summed E-state index contributed by atoms with van der Waals surface area (Å²) in [6.45, 7) is 2.44. The lowest BCUT2D eigenvalue weighted by molar-refractivity contribution is 0.918. The second kappa shape index (κ2) is 4.36. The van der Waals surface area contributed by atoms with Crippen LogP contribution in [0.3, 0.4) is 0 Å². The van der Waals surface area contributed by atoms with Gasteiger partial charge in [-0.1, -0.05) is 0 Å². The fourth-order valence-electron chi connectivity index (χ4n) is 1.67. The van der Waals surface area contributed by atoms with E-state index in [1.54, 1.807) is 12.4 Å². The van der Waals surface area contributed by atoms with Crippen molar-refractivity contribution in [2.24, 2.45) is 0 Å². The van der Waals surface area contributed by atoms with Crippen LogP contribution in [0.15, 0.2) is 30.7 Å². The van der Waals surface area contributed by atoms with Crippen molar-refractivity contribution in [1.82, 2.24) is 29.8 Å². The first-order valence-corrected chi connectivity index (χ1v) is 5.51. The Morgan fingerprint density at radius 2 is 2.17 bits per heavy atom. The van der Waals surface area contributed by atoms with E-state index in [-0.39, 0.29) is 0 Å². The summed E-state index contributed by atoms with van der Waals surface area (Å²) < 4.78 is 1.88. The molecule has 0 aliphatic carbocycles. The maximum Gasteiger partial charge on any atom is 0.203 e. The highest BCUT2D eigenvalue weighted by atomic mass is 15.3. The van der Waals surface area contributed by atoms with Crippen molar-refractivity contribution >= 4 is 11.5 Å². The fourth-order valence-corrected chi connectivity index (χ4v) is 1.67. The maximum atomic E-state index is 4.25. The van der Waals surface area contributed by atoms with Crippen molar-refractivity contribution in [3.63, 3.8) is 0 Å². The van der Waals surface area contributed by atoms with Gasteiger partial charge in [0, 0.05) is 18.6 Å². The molecule has 1 N–H and O–H groups in total. The Balaban J connectivity index is 1.87. The molecule has 7 heteroatoms. The molecule has 0 atom stereocenters. The first kappa shape index (κ1) is 10.6. The van der Waals surface area contributed by atoms with Crippen molar-refractivity contribution in [3.05, 3.63) is 42.2 Å². The van der Waals surface area contributed by atoms with Crippen molar-refractivity contribution in [1.29, 1.82) is 0 Å². The number of anilines is 1. The van der Waals surface area contributed by atoms with Crippen molar-refractivity contribution < 1.29 is 0 Å². The molecule has 0 radical (unpaired) electrons. The van der Waals surface area contributed by atoms with Crippen molar-refractivity contribution in [3.8, 4) is 0 Å². The topological polar surface area (TPSA) is 80.9 Å². The van der Waals surface area contributed by atoms with E-state index in [9.17, 15) is 0 Å². The van der Waals surface area contributed by atoms with E-state index in [2.05, 4.69) is 30.7 Å². The molecule has 90 valence electrons. The summed E-state index contributed by atoms with van der Waals surface area (Å²) in [4.78, 5) is 4.25. The number of nitrogens with one attached hydrogen (secondary N) is 1. The predicted molar refractivity (Wildman–Crippen MR) is 64.9 cm³/mol. The Bertz CT molecular complexity index is 661. The largest absolute Gasteiger partial charge is 0.361 e. The van der Waals surface area contributed by atoms with Crippen LogP contribution in [0.5, 0.6) is 0 Å². The molecular weight excluding hydrogens is 230 g/mol. The van der Waals surface area contributed by atoms with Gasteiger partial charge in [-0.05, 0) is 19.1 Å². The molecule has 0 saturated carbocycles. The minimum atomic E-state index is 0.548. The zero-order valence-electron chi connectivity index (χ0n) is 9.78. The molecule has 0 bridgehead atoms. The van der Waals surface area contributed by atoms with Crippen LogP contribution in [0.4, 0.5) is 5.82 Å². The van der Waals surface area contributed by atoms with E-state index in [0.717, 1.165) is 11.5 Å². The lowest BCUT2D eigenvalue weighted by atomic mass is 10.4. The smallest absolute Gasteiger partial charge is 0.203 e. The average Bonchev–Trinajstić information content (AvgIpc) is 2.80. The molecule has 18 heavy (non-hydrogen) atoms. The van der Waals surface area contributed by atoms with Gasteiger partial charge in [-0.2, -0.15) is 10.2 Å². The minimum absolute atomic E-state index is 0.548. The third-order valence-corrected chi connectivity index (χ3v) is 2.56. The minimum Gasteiger partial charge on any atom is -0.361 e. The van der Waals surface area contributed by atoms with E-state index >= 15 is 0 Å². The van der Waals surface area contributed by atoms with Crippen molar-refractivity contribution in [2.75, 3.05) is 5.32 Å². The van der Waals surface area contributed by atoms with Crippen molar-refractivity contribution in [2.45, 2.75) is 13.5 Å². The molecule has 0 aliphatic heterocycles. The number of aryl methyl sites for hydroxylation is 1. The SMILES string of the molecule is Cc1nnc2c(NCc3cccnn3)nccn12. The van der Waals surface area contributed by atoms with E-state index in [1.807, 2.05) is 29.7 Å². The number of aromatic nitrogens is 6. The molecule has 0 aliphatic rings. The second-order valence-corrected chi connectivity index (χ2v) is 3.79. The molecule has 7 nitrogen and oxygen atoms in total. The third-order valence-electron chi connectivity index (χ3n) is 2.56.